The van der Waals surface area contributed by atoms with Gasteiger partial charge in [-0.2, -0.15) is 0 Å². The Bertz CT molecular complexity index is 916. The molecule has 158 valence electrons. The summed E-state index contributed by atoms with van der Waals surface area (Å²) in [6.07, 6.45) is 0.683. The molecule has 30 heavy (non-hydrogen) atoms. The molecule has 2 aromatic rings. The molecular weight excluding hydrogens is 386 g/mol. The van der Waals surface area contributed by atoms with Crippen LogP contribution in [0.4, 0.5) is 5.69 Å². The summed E-state index contributed by atoms with van der Waals surface area (Å²) in [4.78, 5) is 37.1. The lowest BCUT2D eigenvalue weighted by atomic mass is 10.1. The van der Waals surface area contributed by atoms with Crippen molar-refractivity contribution in [2.75, 3.05) is 26.2 Å². The monoisotopic (exact) mass is 411 g/mol. The van der Waals surface area contributed by atoms with Gasteiger partial charge in [0.25, 0.3) is 11.6 Å². The number of nitro benzene ring substituents is 1. The first-order valence-electron chi connectivity index (χ1n) is 9.93. The number of aryl methyl sites for hydroxylation is 1. The lowest BCUT2D eigenvalue weighted by Gasteiger charge is -2.33. The summed E-state index contributed by atoms with van der Waals surface area (Å²) in [7, 11) is 0. The van der Waals surface area contributed by atoms with Gasteiger partial charge in [-0.05, 0) is 25.0 Å². The van der Waals surface area contributed by atoms with E-state index in [1.165, 1.54) is 6.07 Å². The molecule has 0 saturated carbocycles. The molecule has 0 aromatic heterocycles. The van der Waals surface area contributed by atoms with Crippen LogP contribution in [0.3, 0.4) is 0 Å². The lowest BCUT2D eigenvalue weighted by Crippen LogP contribution is -2.42. The first kappa shape index (κ1) is 21.4. The fourth-order valence-corrected chi connectivity index (χ4v) is 3.39. The van der Waals surface area contributed by atoms with Crippen molar-refractivity contribution in [2.45, 2.75) is 25.9 Å². The van der Waals surface area contributed by atoms with E-state index < -0.39 is 4.92 Å². The number of nitrogens with one attached hydrogen (secondary N) is 1. The Labute approximate surface area is 175 Å². The van der Waals surface area contributed by atoms with Crippen LogP contribution in [0.15, 0.2) is 48.5 Å². The molecule has 1 fully saturated rings. The van der Waals surface area contributed by atoms with Gasteiger partial charge in [0.2, 0.25) is 5.91 Å². The van der Waals surface area contributed by atoms with E-state index in [0.29, 0.717) is 44.6 Å². The molecule has 0 radical (unpaired) electrons. The molecule has 1 saturated heterocycles. The minimum atomic E-state index is -0.504. The van der Waals surface area contributed by atoms with Gasteiger partial charge < -0.3 is 15.0 Å². The third-order valence-corrected chi connectivity index (χ3v) is 5.11. The Balaban J connectivity index is 1.45. The Morgan fingerprint density at radius 2 is 2.00 bits per heavy atom. The van der Waals surface area contributed by atoms with Crippen LogP contribution >= 0.6 is 0 Å². The average molecular weight is 411 g/mol. The molecule has 1 aliphatic rings. The molecule has 1 heterocycles. The molecular formula is C22H25N3O5. The molecule has 0 aliphatic carbocycles. The smallest absolute Gasteiger partial charge is 0.273 e. The predicted molar refractivity (Wildman–Crippen MR) is 111 cm³/mol. The summed E-state index contributed by atoms with van der Waals surface area (Å²) >= 11 is 0. The molecule has 8 heteroatoms. The summed E-state index contributed by atoms with van der Waals surface area (Å²) < 4.78 is 5.79. The number of ether oxygens (including phenoxy) is 1. The van der Waals surface area contributed by atoms with Crippen molar-refractivity contribution in [1.82, 2.24) is 10.2 Å². The second kappa shape index (κ2) is 9.98. The zero-order chi connectivity index (χ0) is 21.5. The largest absolute Gasteiger partial charge is 0.370 e. The fourth-order valence-electron chi connectivity index (χ4n) is 3.39. The summed E-state index contributed by atoms with van der Waals surface area (Å²) in [5.41, 5.74) is 1.70. The second-order valence-corrected chi connectivity index (χ2v) is 7.23. The SMILES string of the molecule is Cc1ccc(C(=O)NCCCC(=O)N2CCOC(c3ccccc3)C2)cc1[N+](=O)[O-]. The number of hydrogen-bond acceptors (Lipinski definition) is 5. The van der Waals surface area contributed by atoms with Crippen molar-refractivity contribution in [3.63, 3.8) is 0 Å². The molecule has 1 aliphatic heterocycles. The van der Waals surface area contributed by atoms with Crippen LogP contribution in [0.5, 0.6) is 0 Å². The van der Waals surface area contributed by atoms with Gasteiger partial charge in [-0.25, -0.2) is 0 Å². The first-order chi connectivity index (χ1) is 14.5. The highest BCUT2D eigenvalue weighted by Crippen LogP contribution is 2.22. The minimum Gasteiger partial charge on any atom is -0.370 e. The predicted octanol–water partition coefficient (Wildman–Crippen LogP) is 3.01. The highest BCUT2D eigenvalue weighted by atomic mass is 16.6. The molecule has 0 spiro atoms. The Hall–Kier alpha value is -3.26. The van der Waals surface area contributed by atoms with Gasteiger partial charge in [-0.15, -0.1) is 0 Å². The van der Waals surface area contributed by atoms with Gasteiger partial charge >= 0.3 is 0 Å². The summed E-state index contributed by atoms with van der Waals surface area (Å²) in [6, 6.07) is 14.2. The fraction of sp³-hybridized carbons (Fsp3) is 0.364. The van der Waals surface area contributed by atoms with Gasteiger partial charge in [0.15, 0.2) is 0 Å². The van der Waals surface area contributed by atoms with Gasteiger partial charge in [-0.1, -0.05) is 36.4 Å². The van der Waals surface area contributed by atoms with Crippen LogP contribution in [0.1, 0.15) is 40.4 Å². The number of carbonyl (C=O) groups excluding carboxylic acids is 2. The number of amides is 2. The molecule has 8 nitrogen and oxygen atoms in total. The van der Waals surface area contributed by atoms with Crippen molar-refractivity contribution >= 4 is 17.5 Å². The highest BCUT2D eigenvalue weighted by molar-refractivity contribution is 5.95. The Morgan fingerprint density at radius 1 is 1.23 bits per heavy atom. The molecule has 1 N–H and O–H groups in total. The van der Waals surface area contributed by atoms with Crippen LogP contribution in [0.2, 0.25) is 0 Å². The normalized spacial score (nSPS) is 16.2. The van der Waals surface area contributed by atoms with Crippen molar-refractivity contribution in [2.24, 2.45) is 0 Å². The molecule has 0 bridgehead atoms. The molecule has 3 rings (SSSR count). The van der Waals surface area contributed by atoms with Crippen LogP contribution in [-0.4, -0.2) is 47.9 Å². The van der Waals surface area contributed by atoms with Crippen LogP contribution in [0.25, 0.3) is 0 Å². The number of carbonyl (C=O) groups is 2. The summed E-state index contributed by atoms with van der Waals surface area (Å²) in [5.74, 6) is -0.361. The van der Waals surface area contributed by atoms with E-state index in [-0.39, 0.29) is 29.2 Å². The van der Waals surface area contributed by atoms with Crippen LogP contribution < -0.4 is 5.32 Å². The maximum atomic E-state index is 12.5. The third kappa shape index (κ3) is 5.42. The molecule has 1 unspecified atom stereocenters. The van der Waals surface area contributed by atoms with E-state index in [9.17, 15) is 19.7 Å². The lowest BCUT2D eigenvalue weighted by molar-refractivity contribution is -0.385. The standard InChI is InChI=1S/C22H25N3O5/c1-16-9-10-18(14-19(16)25(28)29)22(27)23-11-5-8-21(26)24-12-13-30-20(15-24)17-6-3-2-4-7-17/h2-4,6-7,9-10,14,20H,5,8,11-13,15H2,1H3,(H,23,27). The van der Waals surface area contributed by atoms with Crippen molar-refractivity contribution in [3.8, 4) is 0 Å². The number of nitrogens with zero attached hydrogens (tertiary/aromatic N) is 2. The number of benzene rings is 2. The maximum absolute atomic E-state index is 12.5. The molecule has 2 amide bonds. The van der Waals surface area contributed by atoms with Gasteiger partial charge in [0, 0.05) is 36.7 Å². The minimum absolute atomic E-state index is 0.0273. The number of rotatable bonds is 7. The van der Waals surface area contributed by atoms with Crippen molar-refractivity contribution < 1.29 is 19.2 Å². The Kier molecular flexibility index (Phi) is 7.13. The number of hydrogen-bond donors (Lipinski definition) is 1. The van der Waals surface area contributed by atoms with E-state index in [0.717, 1.165) is 5.56 Å². The zero-order valence-electron chi connectivity index (χ0n) is 16.9. The second-order valence-electron chi connectivity index (χ2n) is 7.23. The molecule has 2 aromatic carbocycles. The summed E-state index contributed by atoms with van der Waals surface area (Å²) in [6.45, 7) is 3.51. The maximum Gasteiger partial charge on any atom is 0.273 e. The molecule has 1 atom stereocenters. The van der Waals surface area contributed by atoms with Crippen LogP contribution in [0, 0.1) is 17.0 Å². The third-order valence-electron chi connectivity index (χ3n) is 5.11. The van der Waals surface area contributed by atoms with E-state index in [1.807, 2.05) is 30.3 Å². The van der Waals surface area contributed by atoms with Gasteiger partial charge in [0.1, 0.15) is 6.10 Å². The average Bonchev–Trinajstić information content (AvgIpc) is 2.77. The zero-order valence-corrected chi connectivity index (χ0v) is 16.9. The van der Waals surface area contributed by atoms with Gasteiger partial charge in [0.05, 0.1) is 18.1 Å². The van der Waals surface area contributed by atoms with Crippen molar-refractivity contribution in [1.29, 1.82) is 0 Å². The number of morpholine rings is 1. The Morgan fingerprint density at radius 3 is 2.73 bits per heavy atom. The number of nitro groups is 1. The van der Waals surface area contributed by atoms with Crippen molar-refractivity contribution in [3.05, 3.63) is 75.3 Å². The van der Waals surface area contributed by atoms with Crippen LogP contribution in [-0.2, 0) is 9.53 Å². The summed E-state index contributed by atoms with van der Waals surface area (Å²) in [5, 5.41) is 13.7. The highest BCUT2D eigenvalue weighted by Gasteiger charge is 2.25. The quantitative estimate of drug-likeness (QED) is 0.429. The topological polar surface area (TPSA) is 102 Å². The van der Waals surface area contributed by atoms with E-state index in [2.05, 4.69) is 5.32 Å². The van der Waals surface area contributed by atoms with E-state index in [4.69, 9.17) is 4.74 Å². The van der Waals surface area contributed by atoms with E-state index in [1.54, 1.807) is 24.0 Å². The first-order valence-corrected chi connectivity index (χ1v) is 9.93. The van der Waals surface area contributed by atoms with Gasteiger partial charge in [-0.3, -0.25) is 19.7 Å². The van der Waals surface area contributed by atoms with E-state index >= 15 is 0 Å².